The van der Waals surface area contributed by atoms with Gasteiger partial charge in [0.05, 0.1) is 18.8 Å². The molecule has 0 N–H and O–H groups in total. The molecule has 0 rings (SSSR count). The third-order valence-corrected chi connectivity index (χ3v) is 1.80. The fraction of sp³-hybridized carbons (Fsp3) is 0.455. The van der Waals surface area contributed by atoms with Gasteiger partial charge in [-0.1, -0.05) is 19.7 Å². The molecule has 0 aromatic rings. The molecule has 14 heavy (non-hydrogen) atoms. The van der Waals surface area contributed by atoms with Crippen LogP contribution < -0.4 is 0 Å². The van der Waals surface area contributed by atoms with Crippen LogP contribution in [0.1, 0.15) is 13.8 Å². The summed E-state index contributed by atoms with van der Waals surface area (Å²) in [6.45, 7) is 14.2. The third-order valence-electron chi connectivity index (χ3n) is 1.80. The second-order valence-electron chi connectivity index (χ2n) is 2.78. The van der Waals surface area contributed by atoms with E-state index in [1.54, 1.807) is 0 Å². The molecule has 0 saturated heterocycles. The molecular formula is C11H18O3. The van der Waals surface area contributed by atoms with E-state index in [2.05, 4.69) is 19.7 Å². The molecule has 80 valence electrons. The fourth-order valence-corrected chi connectivity index (χ4v) is 1.17. The van der Waals surface area contributed by atoms with Gasteiger partial charge in [-0.2, -0.15) is 0 Å². The van der Waals surface area contributed by atoms with Crippen molar-refractivity contribution >= 4 is 0 Å². The van der Waals surface area contributed by atoms with Crippen LogP contribution >= 0.6 is 0 Å². The maximum Gasteiger partial charge on any atom is 0.170 e. The molecule has 0 radical (unpaired) electrons. The lowest BCUT2D eigenvalue weighted by Gasteiger charge is -2.27. The summed E-state index contributed by atoms with van der Waals surface area (Å²) in [5, 5.41) is 0. The standard InChI is InChI=1S/C11H18O3/c1-6-12-9(4)11(14-8-3)10(5)13-7-2/h6-11H,1-3H2,4-5H3. The zero-order chi connectivity index (χ0) is 11.0. The van der Waals surface area contributed by atoms with Crippen LogP contribution in [0.4, 0.5) is 0 Å². The van der Waals surface area contributed by atoms with Crippen molar-refractivity contribution in [3.05, 3.63) is 38.5 Å². The average Bonchev–Trinajstić information content (AvgIpc) is 2.14. The summed E-state index contributed by atoms with van der Waals surface area (Å²) in [6, 6.07) is 0. The monoisotopic (exact) mass is 198 g/mol. The predicted octanol–water partition coefficient (Wildman–Crippen LogP) is 2.61. The Bertz CT molecular complexity index is 173. The maximum atomic E-state index is 5.29. The Kier molecular flexibility index (Phi) is 6.37. The Morgan fingerprint density at radius 3 is 1.43 bits per heavy atom. The van der Waals surface area contributed by atoms with Crippen molar-refractivity contribution in [2.45, 2.75) is 32.2 Å². The highest BCUT2D eigenvalue weighted by Gasteiger charge is 2.26. The molecule has 0 aliphatic heterocycles. The van der Waals surface area contributed by atoms with Crippen molar-refractivity contribution in [1.29, 1.82) is 0 Å². The van der Waals surface area contributed by atoms with Gasteiger partial charge in [0.15, 0.2) is 6.10 Å². The van der Waals surface area contributed by atoms with Crippen molar-refractivity contribution in [2.75, 3.05) is 0 Å². The first-order chi connectivity index (χ1) is 6.67. The van der Waals surface area contributed by atoms with E-state index >= 15 is 0 Å². The highest BCUT2D eigenvalue weighted by Crippen LogP contribution is 2.12. The minimum atomic E-state index is -0.233. The molecule has 3 heteroatoms. The van der Waals surface area contributed by atoms with E-state index in [1.807, 2.05) is 13.8 Å². The molecule has 0 bridgehead atoms. The van der Waals surface area contributed by atoms with Crippen molar-refractivity contribution < 1.29 is 14.2 Å². The van der Waals surface area contributed by atoms with Gasteiger partial charge in [-0.05, 0) is 13.8 Å². The molecule has 0 aromatic carbocycles. The highest BCUT2D eigenvalue weighted by atomic mass is 16.6. The zero-order valence-electron chi connectivity index (χ0n) is 8.81. The Hall–Kier alpha value is -1.38. The first-order valence-electron chi connectivity index (χ1n) is 4.46. The lowest BCUT2D eigenvalue weighted by Crippen LogP contribution is -2.37. The summed E-state index contributed by atoms with van der Waals surface area (Å²) in [7, 11) is 0. The second kappa shape index (κ2) is 7.06. The molecular weight excluding hydrogens is 180 g/mol. The van der Waals surface area contributed by atoms with E-state index in [4.69, 9.17) is 14.2 Å². The maximum absolute atomic E-state index is 5.29. The Labute approximate surface area is 85.7 Å². The van der Waals surface area contributed by atoms with Crippen LogP contribution in [-0.2, 0) is 14.2 Å². The molecule has 3 nitrogen and oxygen atoms in total. The Morgan fingerprint density at radius 2 is 1.14 bits per heavy atom. The molecule has 2 atom stereocenters. The van der Waals surface area contributed by atoms with Crippen molar-refractivity contribution in [3.8, 4) is 0 Å². The van der Waals surface area contributed by atoms with E-state index in [1.165, 1.54) is 18.8 Å². The predicted molar refractivity (Wildman–Crippen MR) is 56.6 cm³/mol. The van der Waals surface area contributed by atoms with E-state index in [9.17, 15) is 0 Å². The minimum Gasteiger partial charge on any atom is -0.495 e. The summed E-state index contributed by atoms with van der Waals surface area (Å²) in [6.07, 6.45) is 3.59. The zero-order valence-corrected chi connectivity index (χ0v) is 8.81. The molecule has 0 aliphatic rings. The van der Waals surface area contributed by atoms with Crippen LogP contribution in [0.5, 0.6) is 0 Å². The molecule has 0 saturated carbocycles. The van der Waals surface area contributed by atoms with Gasteiger partial charge in [-0.3, -0.25) is 0 Å². The van der Waals surface area contributed by atoms with Gasteiger partial charge in [0.1, 0.15) is 12.2 Å². The quantitative estimate of drug-likeness (QED) is 0.561. The molecule has 0 heterocycles. The SMILES string of the molecule is C=COC(C)C(OC=C)C(C)OC=C. The van der Waals surface area contributed by atoms with Gasteiger partial charge in [0, 0.05) is 0 Å². The smallest absolute Gasteiger partial charge is 0.170 e. The number of hydrogen-bond acceptors (Lipinski definition) is 3. The normalized spacial score (nSPS) is 15.9. The minimum absolute atomic E-state index is 0.152. The molecule has 0 amide bonds. The van der Waals surface area contributed by atoms with Crippen LogP contribution in [0.2, 0.25) is 0 Å². The van der Waals surface area contributed by atoms with Gasteiger partial charge >= 0.3 is 0 Å². The van der Waals surface area contributed by atoms with Crippen molar-refractivity contribution in [3.63, 3.8) is 0 Å². The fourth-order valence-electron chi connectivity index (χ4n) is 1.17. The van der Waals surface area contributed by atoms with Gasteiger partial charge < -0.3 is 14.2 Å². The van der Waals surface area contributed by atoms with Crippen molar-refractivity contribution in [1.82, 2.24) is 0 Å². The number of ether oxygens (including phenoxy) is 3. The van der Waals surface area contributed by atoms with Crippen LogP contribution in [0.3, 0.4) is 0 Å². The Morgan fingerprint density at radius 1 is 0.786 bits per heavy atom. The van der Waals surface area contributed by atoms with E-state index in [-0.39, 0.29) is 18.3 Å². The molecule has 2 unspecified atom stereocenters. The van der Waals surface area contributed by atoms with Gasteiger partial charge in [-0.15, -0.1) is 0 Å². The molecule has 0 fully saturated rings. The van der Waals surface area contributed by atoms with Crippen LogP contribution in [-0.4, -0.2) is 18.3 Å². The van der Waals surface area contributed by atoms with E-state index < -0.39 is 0 Å². The average molecular weight is 198 g/mol. The number of rotatable bonds is 8. The first kappa shape index (κ1) is 12.6. The number of hydrogen-bond donors (Lipinski definition) is 0. The van der Waals surface area contributed by atoms with E-state index in [0.29, 0.717) is 0 Å². The molecule has 0 spiro atoms. The van der Waals surface area contributed by atoms with Crippen LogP contribution in [0.25, 0.3) is 0 Å². The lowest BCUT2D eigenvalue weighted by atomic mass is 10.1. The summed E-state index contributed by atoms with van der Waals surface area (Å²) >= 11 is 0. The van der Waals surface area contributed by atoms with Gasteiger partial charge in [0.25, 0.3) is 0 Å². The third kappa shape index (κ3) is 4.03. The summed E-state index contributed by atoms with van der Waals surface area (Å²) < 4.78 is 15.7. The first-order valence-corrected chi connectivity index (χ1v) is 4.46. The summed E-state index contributed by atoms with van der Waals surface area (Å²) in [5.74, 6) is 0. The van der Waals surface area contributed by atoms with Crippen LogP contribution in [0, 0.1) is 0 Å². The van der Waals surface area contributed by atoms with Gasteiger partial charge in [0.2, 0.25) is 0 Å². The van der Waals surface area contributed by atoms with E-state index in [0.717, 1.165) is 0 Å². The molecule has 0 aromatic heterocycles. The largest absolute Gasteiger partial charge is 0.495 e. The second-order valence-corrected chi connectivity index (χ2v) is 2.78. The summed E-state index contributed by atoms with van der Waals surface area (Å²) in [5.41, 5.74) is 0. The van der Waals surface area contributed by atoms with Gasteiger partial charge in [-0.25, -0.2) is 0 Å². The highest BCUT2D eigenvalue weighted by molar-refractivity contribution is 4.78. The topological polar surface area (TPSA) is 27.7 Å². The lowest BCUT2D eigenvalue weighted by molar-refractivity contribution is -0.0602. The van der Waals surface area contributed by atoms with Crippen LogP contribution in [0.15, 0.2) is 38.5 Å². The molecule has 0 aliphatic carbocycles. The summed E-state index contributed by atoms with van der Waals surface area (Å²) in [4.78, 5) is 0. The van der Waals surface area contributed by atoms with Crippen molar-refractivity contribution in [2.24, 2.45) is 0 Å². The Balaban J connectivity index is 4.30.